The van der Waals surface area contributed by atoms with Gasteiger partial charge < -0.3 is 15.0 Å². The highest BCUT2D eigenvalue weighted by Gasteiger charge is 2.26. The SMILES string of the molecule is CCCCOCCCNC(=O)C(=O)N1CCC(Cc2ccccc2)CC1. The largest absolute Gasteiger partial charge is 0.381 e. The fourth-order valence-electron chi connectivity index (χ4n) is 3.23. The summed E-state index contributed by atoms with van der Waals surface area (Å²) in [6.45, 7) is 5.34. The molecule has 0 bridgehead atoms. The first-order chi connectivity index (χ1) is 12.7. The van der Waals surface area contributed by atoms with Gasteiger partial charge in [-0.25, -0.2) is 0 Å². The van der Waals surface area contributed by atoms with Gasteiger partial charge in [0.05, 0.1) is 0 Å². The zero-order valence-electron chi connectivity index (χ0n) is 15.9. The summed E-state index contributed by atoms with van der Waals surface area (Å²) in [4.78, 5) is 25.9. The fraction of sp³-hybridized carbons (Fsp3) is 0.619. The number of unbranched alkanes of at least 4 members (excludes halogenated alkanes) is 1. The van der Waals surface area contributed by atoms with E-state index in [1.807, 2.05) is 6.07 Å². The Balaban J connectivity index is 1.60. The minimum absolute atomic E-state index is 0.393. The Morgan fingerprint density at radius 1 is 1.12 bits per heavy atom. The molecule has 0 atom stereocenters. The number of nitrogens with one attached hydrogen (secondary N) is 1. The van der Waals surface area contributed by atoms with Gasteiger partial charge in [0.15, 0.2) is 0 Å². The van der Waals surface area contributed by atoms with Crippen molar-refractivity contribution in [2.45, 2.75) is 45.4 Å². The first-order valence-electron chi connectivity index (χ1n) is 9.89. The maximum Gasteiger partial charge on any atom is 0.311 e. The van der Waals surface area contributed by atoms with Gasteiger partial charge >= 0.3 is 11.8 Å². The van der Waals surface area contributed by atoms with Crippen LogP contribution in [0.1, 0.15) is 44.6 Å². The highest BCUT2D eigenvalue weighted by atomic mass is 16.5. The molecule has 0 aliphatic carbocycles. The number of carbonyl (C=O) groups excluding carboxylic acids is 2. The minimum Gasteiger partial charge on any atom is -0.381 e. The van der Waals surface area contributed by atoms with Crippen LogP contribution in [0.25, 0.3) is 0 Å². The Kier molecular flexibility index (Phi) is 9.18. The van der Waals surface area contributed by atoms with Gasteiger partial charge in [-0.05, 0) is 43.6 Å². The minimum atomic E-state index is -0.486. The zero-order chi connectivity index (χ0) is 18.6. The third kappa shape index (κ3) is 7.16. The van der Waals surface area contributed by atoms with Gasteiger partial charge in [0.1, 0.15) is 0 Å². The second-order valence-electron chi connectivity index (χ2n) is 7.00. The van der Waals surface area contributed by atoms with Gasteiger partial charge in [-0.2, -0.15) is 0 Å². The molecular weight excluding hydrogens is 328 g/mol. The maximum absolute atomic E-state index is 12.3. The summed E-state index contributed by atoms with van der Waals surface area (Å²) >= 11 is 0. The predicted octanol–water partition coefficient (Wildman–Crippen LogP) is 2.79. The summed E-state index contributed by atoms with van der Waals surface area (Å²) in [7, 11) is 0. The number of carbonyl (C=O) groups is 2. The molecular formula is C21H32N2O3. The number of ether oxygens (including phenoxy) is 1. The first kappa shape index (κ1) is 20.4. The van der Waals surface area contributed by atoms with Crippen molar-refractivity contribution in [1.29, 1.82) is 0 Å². The zero-order valence-corrected chi connectivity index (χ0v) is 15.9. The van der Waals surface area contributed by atoms with Crippen LogP contribution < -0.4 is 5.32 Å². The molecule has 0 aromatic heterocycles. The van der Waals surface area contributed by atoms with Crippen molar-refractivity contribution in [3.05, 3.63) is 35.9 Å². The average molecular weight is 360 g/mol. The molecule has 0 radical (unpaired) electrons. The van der Waals surface area contributed by atoms with Crippen molar-refractivity contribution in [3.63, 3.8) is 0 Å². The van der Waals surface area contributed by atoms with Gasteiger partial charge in [-0.3, -0.25) is 9.59 Å². The van der Waals surface area contributed by atoms with Crippen molar-refractivity contribution in [2.24, 2.45) is 5.92 Å². The van der Waals surface area contributed by atoms with E-state index in [1.165, 1.54) is 5.56 Å². The van der Waals surface area contributed by atoms with Crippen molar-refractivity contribution in [2.75, 3.05) is 32.8 Å². The molecule has 2 amide bonds. The van der Waals surface area contributed by atoms with Crippen LogP contribution in [0.4, 0.5) is 0 Å². The van der Waals surface area contributed by atoms with E-state index >= 15 is 0 Å². The van der Waals surface area contributed by atoms with Crippen LogP contribution in [0.3, 0.4) is 0 Å². The summed E-state index contributed by atoms with van der Waals surface area (Å²) < 4.78 is 5.45. The molecule has 0 saturated carbocycles. The quantitative estimate of drug-likeness (QED) is 0.544. The predicted molar refractivity (Wildman–Crippen MR) is 103 cm³/mol. The molecule has 2 rings (SSSR count). The molecule has 1 aliphatic heterocycles. The van der Waals surface area contributed by atoms with E-state index in [0.29, 0.717) is 32.2 Å². The first-order valence-corrected chi connectivity index (χ1v) is 9.89. The fourth-order valence-corrected chi connectivity index (χ4v) is 3.23. The van der Waals surface area contributed by atoms with Gasteiger partial charge in [-0.1, -0.05) is 43.7 Å². The molecule has 1 saturated heterocycles. The van der Waals surface area contributed by atoms with Crippen LogP contribution in [0, 0.1) is 5.92 Å². The number of amides is 2. The normalized spacial score (nSPS) is 15.0. The Morgan fingerprint density at radius 3 is 2.50 bits per heavy atom. The van der Waals surface area contributed by atoms with Crippen LogP contribution in [0.2, 0.25) is 0 Å². The smallest absolute Gasteiger partial charge is 0.311 e. The highest BCUT2D eigenvalue weighted by molar-refractivity contribution is 6.35. The van der Waals surface area contributed by atoms with E-state index < -0.39 is 11.8 Å². The molecule has 1 fully saturated rings. The summed E-state index contributed by atoms with van der Waals surface area (Å²) in [5.74, 6) is -0.292. The Morgan fingerprint density at radius 2 is 1.81 bits per heavy atom. The molecule has 5 nitrogen and oxygen atoms in total. The lowest BCUT2D eigenvalue weighted by molar-refractivity contribution is -0.146. The van der Waals surface area contributed by atoms with Crippen molar-refractivity contribution < 1.29 is 14.3 Å². The lowest BCUT2D eigenvalue weighted by Crippen LogP contribution is -2.46. The molecule has 1 aromatic carbocycles. The Labute approximate surface area is 157 Å². The molecule has 144 valence electrons. The van der Waals surface area contributed by atoms with Gasteiger partial charge in [0.2, 0.25) is 0 Å². The summed E-state index contributed by atoms with van der Waals surface area (Å²) in [5, 5.41) is 2.71. The van der Waals surface area contributed by atoms with E-state index in [9.17, 15) is 9.59 Å². The monoisotopic (exact) mass is 360 g/mol. The number of likely N-dealkylation sites (tertiary alicyclic amines) is 1. The number of nitrogens with zero attached hydrogens (tertiary/aromatic N) is 1. The average Bonchev–Trinajstić information content (AvgIpc) is 2.68. The summed E-state index contributed by atoms with van der Waals surface area (Å²) in [5.41, 5.74) is 1.34. The second kappa shape index (κ2) is 11.7. The van der Waals surface area contributed by atoms with Crippen LogP contribution in [0.15, 0.2) is 30.3 Å². The lowest BCUT2D eigenvalue weighted by Gasteiger charge is -2.31. The molecule has 1 aromatic rings. The van der Waals surface area contributed by atoms with E-state index in [0.717, 1.165) is 45.1 Å². The highest BCUT2D eigenvalue weighted by Crippen LogP contribution is 2.21. The van der Waals surface area contributed by atoms with Crippen LogP contribution in [0.5, 0.6) is 0 Å². The molecule has 26 heavy (non-hydrogen) atoms. The van der Waals surface area contributed by atoms with Gasteiger partial charge in [0, 0.05) is 32.8 Å². The molecule has 5 heteroatoms. The van der Waals surface area contributed by atoms with Gasteiger partial charge in [0.25, 0.3) is 0 Å². The Bertz CT molecular complexity index is 539. The van der Waals surface area contributed by atoms with Crippen LogP contribution in [-0.2, 0) is 20.7 Å². The van der Waals surface area contributed by atoms with Crippen molar-refractivity contribution >= 4 is 11.8 Å². The third-order valence-electron chi connectivity index (χ3n) is 4.86. The van der Waals surface area contributed by atoms with Crippen LogP contribution in [-0.4, -0.2) is 49.6 Å². The molecule has 0 unspecified atom stereocenters. The molecule has 1 aliphatic rings. The standard InChI is InChI=1S/C21H32N2O3/c1-2-3-15-26-16-7-12-22-20(24)21(25)23-13-10-19(11-14-23)17-18-8-5-4-6-9-18/h4-6,8-9,19H,2-3,7,10-17H2,1H3,(H,22,24). The summed E-state index contributed by atoms with van der Waals surface area (Å²) in [6, 6.07) is 10.5. The molecule has 1 heterocycles. The molecule has 1 N–H and O–H groups in total. The topological polar surface area (TPSA) is 58.6 Å². The molecule has 0 spiro atoms. The second-order valence-corrected chi connectivity index (χ2v) is 7.00. The van der Waals surface area contributed by atoms with E-state index in [1.54, 1.807) is 4.90 Å². The van der Waals surface area contributed by atoms with Crippen molar-refractivity contribution in [1.82, 2.24) is 10.2 Å². The van der Waals surface area contributed by atoms with Gasteiger partial charge in [-0.15, -0.1) is 0 Å². The van der Waals surface area contributed by atoms with Crippen molar-refractivity contribution in [3.8, 4) is 0 Å². The lowest BCUT2D eigenvalue weighted by atomic mass is 9.90. The number of hydrogen-bond acceptors (Lipinski definition) is 3. The number of benzene rings is 1. The maximum atomic E-state index is 12.3. The summed E-state index contributed by atoms with van der Waals surface area (Å²) in [6.07, 6.45) is 5.88. The third-order valence-corrected chi connectivity index (χ3v) is 4.86. The number of rotatable bonds is 9. The number of hydrogen-bond donors (Lipinski definition) is 1. The van der Waals surface area contributed by atoms with Crippen LogP contribution >= 0.6 is 0 Å². The number of piperidine rings is 1. The van der Waals surface area contributed by atoms with E-state index in [4.69, 9.17) is 4.74 Å². The Hall–Kier alpha value is -1.88. The van der Waals surface area contributed by atoms with E-state index in [-0.39, 0.29) is 0 Å². The van der Waals surface area contributed by atoms with E-state index in [2.05, 4.69) is 36.5 Å².